The molecule has 0 aliphatic carbocycles. The molecule has 0 aliphatic rings. The maximum atomic E-state index is 11.6. The van der Waals surface area contributed by atoms with Crippen molar-refractivity contribution in [2.24, 2.45) is 0 Å². The lowest BCUT2D eigenvalue weighted by molar-refractivity contribution is -0.116. The minimum absolute atomic E-state index is 0.184. The van der Waals surface area contributed by atoms with E-state index in [0.29, 0.717) is 12.5 Å². The average Bonchev–Trinajstić information content (AvgIpc) is 2.88. The summed E-state index contributed by atoms with van der Waals surface area (Å²) in [5, 5.41) is 2.61. The van der Waals surface area contributed by atoms with Gasteiger partial charge in [0.1, 0.15) is 0 Å². The first kappa shape index (κ1) is 12.2. The maximum Gasteiger partial charge on any atom is 0.325 e. The molecule has 0 spiro atoms. The average molecular weight is 249 g/mol. The van der Waals surface area contributed by atoms with Crippen molar-refractivity contribution in [3.8, 4) is 0 Å². The molecule has 2 heterocycles. The van der Waals surface area contributed by atoms with Crippen molar-refractivity contribution in [2.45, 2.75) is 26.8 Å². The molecule has 3 N–H and O–H groups in total. The summed E-state index contributed by atoms with van der Waals surface area (Å²) in [5.41, 5.74) is 1.49. The first-order chi connectivity index (χ1) is 8.58. The van der Waals surface area contributed by atoms with Crippen LogP contribution in [0.5, 0.6) is 0 Å². The van der Waals surface area contributed by atoms with E-state index in [4.69, 9.17) is 0 Å². The third-order valence-electron chi connectivity index (χ3n) is 2.81. The summed E-state index contributed by atoms with van der Waals surface area (Å²) in [6.45, 7) is 4.02. The van der Waals surface area contributed by atoms with Gasteiger partial charge in [-0.15, -0.1) is 0 Å². The van der Waals surface area contributed by atoms with Crippen LogP contribution >= 0.6 is 0 Å². The molecule has 0 fully saturated rings. The first-order valence-electron chi connectivity index (χ1n) is 5.63. The lowest BCUT2D eigenvalue weighted by atomic mass is 10.3. The van der Waals surface area contributed by atoms with Crippen molar-refractivity contribution < 1.29 is 4.79 Å². The molecular formula is C11H15N5O2. The lowest BCUT2D eigenvalue weighted by Gasteiger charge is -2.04. The number of imidazole rings is 2. The molecule has 0 aliphatic heterocycles. The normalized spacial score (nSPS) is 10.6. The third kappa shape index (κ3) is 2.50. The number of nitrogens with zero attached hydrogens (tertiary/aromatic N) is 2. The van der Waals surface area contributed by atoms with Crippen LogP contribution in [-0.4, -0.2) is 25.4 Å². The van der Waals surface area contributed by atoms with Crippen molar-refractivity contribution in [3.63, 3.8) is 0 Å². The summed E-state index contributed by atoms with van der Waals surface area (Å²) in [4.78, 5) is 32.5. The van der Waals surface area contributed by atoms with Crippen LogP contribution in [0.2, 0.25) is 0 Å². The van der Waals surface area contributed by atoms with E-state index in [2.05, 4.69) is 20.3 Å². The number of H-pyrrole nitrogens is 2. The zero-order chi connectivity index (χ0) is 13.1. The lowest BCUT2D eigenvalue weighted by Crippen LogP contribution is -2.22. The van der Waals surface area contributed by atoms with Crippen LogP contribution in [0, 0.1) is 13.8 Å². The molecular weight excluding hydrogens is 234 g/mol. The minimum Gasteiger partial charge on any atom is -0.331 e. The third-order valence-corrected chi connectivity index (χ3v) is 2.81. The second-order valence-corrected chi connectivity index (χ2v) is 4.03. The molecule has 0 saturated carbocycles. The Morgan fingerprint density at radius 3 is 2.83 bits per heavy atom. The predicted octanol–water partition coefficient (Wildman–Crippen LogP) is 0.545. The molecule has 7 heteroatoms. The monoisotopic (exact) mass is 249 g/mol. The number of hydrogen-bond donors (Lipinski definition) is 3. The second-order valence-electron chi connectivity index (χ2n) is 4.03. The number of carbonyl (C=O) groups excluding carboxylic acids is 1. The number of carbonyl (C=O) groups is 1. The Bertz CT molecular complexity index is 593. The summed E-state index contributed by atoms with van der Waals surface area (Å²) in [6, 6.07) is 0. The van der Waals surface area contributed by atoms with Gasteiger partial charge < -0.3 is 9.97 Å². The zero-order valence-electron chi connectivity index (χ0n) is 10.3. The van der Waals surface area contributed by atoms with E-state index in [1.54, 1.807) is 17.0 Å². The Hall–Kier alpha value is -2.31. The Morgan fingerprint density at radius 2 is 2.28 bits per heavy atom. The fourth-order valence-electron chi connectivity index (χ4n) is 1.68. The molecule has 0 unspecified atom stereocenters. The van der Waals surface area contributed by atoms with Gasteiger partial charge >= 0.3 is 5.69 Å². The first-order valence-corrected chi connectivity index (χ1v) is 5.63. The van der Waals surface area contributed by atoms with E-state index in [0.717, 1.165) is 11.4 Å². The van der Waals surface area contributed by atoms with Gasteiger partial charge in [-0.1, -0.05) is 0 Å². The fraction of sp³-hybridized carbons (Fsp3) is 0.364. The van der Waals surface area contributed by atoms with Crippen LogP contribution in [0.15, 0.2) is 17.2 Å². The molecule has 2 rings (SSSR count). The summed E-state index contributed by atoms with van der Waals surface area (Å²) in [6.07, 6.45) is 3.40. The molecule has 0 aromatic carbocycles. The van der Waals surface area contributed by atoms with Gasteiger partial charge in [-0.05, 0) is 13.8 Å². The second kappa shape index (κ2) is 4.91. The highest BCUT2D eigenvalue weighted by Gasteiger charge is 2.09. The molecule has 2 aromatic heterocycles. The molecule has 96 valence electrons. The molecule has 1 amide bonds. The van der Waals surface area contributed by atoms with Crippen LogP contribution in [0.25, 0.3) is 0 Å². The van der Waals surface area contributed by atoms with Gasteiger partial charge in [0.15, 0.2) is 0 Å². The van der Waals surface area contributed by atoms with E-state index >= 15 is 0 Å². The molecule has 0 bridgehead atoms. The van der Waals surface area contributed by atoms with Crippen LogP contribution < -0.4 is 11.0 Å². The molecule has 2 aromatic rings. The van der Waals surface area contributed by atoms with E-state index < -0.39 is 0 Å². The molecule has 0 saturated heterocycles. The Morgan fingerprint density at radius 1 is 1.50 bits per heavy atom. The smallest absolute Gasteiger partial charge is 0.325 e. The fourth-order valence-corrected chi connectivity index (χ4v) is 1.68. The molecule has 7 nitrogen and oxygen atoms in total. The SMILES string of the molecule is Cc1[nH]c(=O)n(CCC(=O)Nc2ncc[nH]2)c1C. The number of aryl methyl sites for hydroxylation is 1. The highest BCUT2D eigenvalue weighted by Crippen LogP contribution is 2.02. The number of rotatable bonds is 4. The number of anilines is 1. The largest absolute Gasteiger partial charge is 0.331 e. The Balaban J connectivity index is 1.95. The van der Waals surface area contributed by atoms with Crippen molar-refractivity contribution >= 4 is 11.9 Å². The highest BCUT2D eigenvalue weighted by molar-refractivity contribution is 5.88. The van der Waals surface area contributed by atoms with Crippen LogP contribution in [0.1, 0.15) is 17.8 Å². The molecule has 0 atom stereocenters. The quantitative estimate of drug-likeness (QED) is 0.738. The zero-order valence-corrected chi connectivity index (χ0v) is 10.3. The van der Waals surface area contributed by atoms with Gasteiger partial charge in [0, 0.05) is 36.7 Å². The summed E-state index contributed by atoms with van der Waals surface area (Å²) in [5.74, 6) is 0.226. The number of aromatic amines is 2. The van der Waals surface area contributed by atoms with Crippen LogP contribution in [0.4, 0.5) is 5.95 Å². The number of hydrogen-bond acceptors (Lipinski definition) is 3. The van der Waals surface area contributed by atoms with E-state index in [1.165, 1.54) is 0 Å². The van der Waals surface area contributed by atoms with Crippen molar-refractivity contribution in [2.75, 3.05) is 5.32 Å². The predicted molar refractivity (Wildman–Crippen MR) is 66.4 cm³/mol. The Labute approximate surface area is 103 Å². The van der Waals surface area contributed by atoms with Gasteiger partial charge in [-0.25, -0.2) is 9.78 Å². The van der Waals surface area contributed by atoms with Crippen LogP contribution in [0.3, 0.4) is 0 Å². The van der Waals surface area contributed by atoms with Crippen LogP contribution in [-0.2, 0) is 11.3 Å². The number of aromatic nitrogens is 4. The van der Waals surface area contributed by atoms with Gasteiger partial charge in [0.25, 0.3) is 0 Å². The molecule has 18 heavy (non-hydrogen) atoms. The van der Waals surface area contributed by atoms with Crippen molar-refractivity contribution in [1.29, 1.82) is 0 Å². The number of amides is 1. The van der Waals surface area contributed by atoms with E-state index in [1.807, 2.05) is 13.8 Å². The van der Waals surface area contributed by atoms with Crippen molar-refractivity contribution in [3.05, 3.63) is 34.3 Å². The summed E-state index contributed by atoms with van der Waals surface area (Å²) >= 11 is 0. The molecule has 0 radical (unpaired) electrons. The standard InChI is InChI=1S/C11H15N5O2/c1-7-8(2)16(11(18)14-7)6-3-9(17)15-10-12-4-5-13-10/h4-5H,3,6H2,1-2H3,(H,14,18)(H2,12,13,15,17). The maximum absolute atomic E-state index is 11.6. The highest BCUT2D eigenvalue weighted by atomic mass is 16.2. The van der Waals surface area contributed by atoms with E-state index in [-0.39, 0.29) is 18.0 Å². The van der Waals surface area contributed by atoms with Gasteiger partial charge in [-0.2, -0.15) is 0 Å². The minimum atomic E-state index is -0.185. The van der Waals surface area contributed by atoms with Gasteiger partial charge in [0.2, 0.25) is 11.9 Å². The topological polar surface area (TPSA) is 95.6 Å². The Kier molecular flexibility index (Phi) is 3.31. The van der Waals surface area contributed by atoms with E-state index in [9.17, 15) is 9.59 Å². The van der Waals surface area contributed by atoms with Gasteiger partial charge in [0.05, 0.1) is 0 Å². The summed E-state index contributed by atoms with van der Waals surface area (Å²) in [7, 11) is 0. The van der Waals surface area contributed by atoms with Crippen molar-refractivity contribution in [1.82, 2.24) is 19.5 Å². The van der Waals surface area contributed by atoms with Gasteiger partial charge in [-0.3, -0.25) is 14.7 Å². The summed E-state index contributed by atoms with van der Waals surface area (Å²) < 4.78 is 1.55. The number of nitrogens with one attached hydrogen (secondary N) is 3.